The van der Waals surface area contributed by atoms with Gasteiger partial charge in [-0.1, -0.05) is 26.8 Å². The largest absolute Gasteiger partial charge is 0.481 e. The van der Waals surface area contributed by atoms with Crippen molar-refractivity contribution in [2.45, 2.75) is 52.5 Å². The van der Waals surface area contributed by atoms with E-state index < -0.39 is 5.97 Å². The van der Waals surface area contributed by atoms with Gasteiger partial charge in [0.15, 0.2) is 0 Å². The first-order valence-corrected chi connectivity index (χ1v) is 6.93. The lowest BCUT2D eigenvalue weighted by atomic mass is 9.61. The molecule has 0 aliphatic heterocycles. The van der Waals surface area contributed by atoms with E-state index in [9.17, 15) is 14.7 Å². The first-order chi connectivity index (χ1) is 8.80. The Labute approximate surface area is 115 Å². The zero-order chi connectivity index (χ0) is 14.6. The van der Waals surface area contributed by atoms with E-state index in [0.29, 0.717) is 19.3 Å². The molecule has 1 rings (SSSR count). The van der Waals surface area contributed by atoms with Crippen molar-refractivity contribution in [1.82, 2.24) is 5.32 Å². The van der Waals surface area contributed by atoms with Gasteiger partial charge in [-0.05, 0) is 30.6 Å². The number of amides is 1. The zero-order valence-electron chi connectivity index (χ0n) is 12.1. The molecular formula is C15H25NO3. The fraction of sp³-hybridized carbons (Fsp3) is 0.733. The van der Waals surface area contributed by atoms with Crippen LogP contribution in [0.3, 0.4) is 0 Å². The first kappa shape index (κ1) is 15.7. The van der Waals surface area contributed by atoms with Gasteiger partial charge in [0.1, 0.15) is 0 Å². The smallest absolute Gasteiger partial charge is 0.307 e. The van der Waals surface area contributed by atoms with E-state index in [2.05, 4.69) is 11.9 Å². The number of carboxylic acid groups (broad SMARTS) is 1. The highest BCUT2D eigenvalue weighted by atomic mass is 16.4. The lowest BCUT2D eigenvalue weighted by molar-refractivity contribution is -0.150. The normalized spacial score (nSPS) is 29.5. The fourth-order valence-electron chi connectivity index (χ4n) is 2.96. The van der Waals surface area contributed by atoms with Crippen molar-refractivity contribution < 1.29 is 14.7 Å². The molecule has 4 heteroatoms. The summed E-state index contributed by atoms with van der Waals surface area (Å²) in [4.78, 5) is 23.1. The second kappa shape index (κ2) is 6.22. The molecule has 2 N–H and O–H groups in total. The van der Waals surface area contributed by atoms with E-state index in [0.717, 1.165) is 6.42 Å². The number of nitrogens with one attached hydrogen (secondary N) is 1. The summed E-state index contributed by atoms with van der Waals surface area (Å²) in [6, 6.07) is 0.0721. The minimum Gasteiger partial charge on any atom is -0.481 e. The van der Waals surface area contributed by atoms with Crippen molar-refractivity contribution in [3.05, 3.63) is 12.7 Å². The van der Waals surface area contributed by atoms with E-state index in [4.69, 9.17) is 0 Å². The number of hydrogen-bond acceptors (Lipinski definition) is 2. The number of aliphatic carboxylic acids is 1. The third-order valence-corrected chi connectivity index (χ3v) is 4.66. The van der Waals surface area contributed by atoms with Gasteiger partial charge in [-0.3, -0.25) is 9.59 Å². The van der Waals surface area contributed by atoms with Gasteiger partial charge < -0.3 is 10.4 Å². The molecule has 1 aliphatic rings. The Morgan fingerprint density at radius 1 is 1.42 bits per heavy atom. The summed E-state index contributed by atoms with van der Waals surface area (Å²) >= 11 is 0. The summed E-state index contributed by atoms with van der Waals surface area (Å²) in [6.45, 7) is 9.61. The van der Waals surface area contributed by atoms with E-state index in [1.807, 2.05) is 20.8 Å². The number of rotatable bonds is 5. The highest BCUT2D eigenvalue weighted by molar-refractivity contribution is 5.76. The molecule has 0 bridgehead atoms. The zero-order valence-corrected chi connectivity index (χ0v) is 12.1. The van der Waals surface area contributed by atoms with E-state index in [1.54, 1.807) is 6.08 Å². The van der Waals surface area contributed by atoms with Gasteiger partial charge in [0.2, 0.25) is 5.91 Å². The topological polar surface area (TPSA) is 66.4 Å². The molecule has 108 valence electrons. The predicted octanol–water partition coefficient (Wildman–Crippen LogP) is 2.59. The Morgan fingerprint density at radius 2 is 2.05 bits per heavy atom. The first-order valence-electron chi connectivity index (χ1n) is 6.93. The highest BCUT2D eigenvalue weighted by Gasteiger charge is 2.46. The van der Waals surface area contributed by atoms with Crippen LogP contribution >= 0.6 is 0 Å². The van der Waals surface area contributed by atoms with Crippen LogP contribution in [0, 0.1) is 17.3 Å². The molecule has 4 nitrogen and oxygen atoms in total. The molecule has 3 unspecified atom stereocenters. The summed E-state index contributed by atoms with van der Waals surface area (Å²) in [5.74, 6) is -0.881. The van der Waals surface area contributed by atoms with Gasteiger partial charge in [-0.2, -0.15) is 0 Å². The van der Waals surface area contributed by atoms with Crippen molar-refractivity contribution in [3.63, 3.8) is 0 Å². The quantitative estimate of drug-likeness (QED) is 0.752. The number of carbonyl (C=O) groups is 2. The SMILES string of the molecule is C=CCCC(=O)NC1CCC(C(=O)O)C(C)(C)C1C. The molecule has 3 atom stereocenters. The second-order valence-corrected chi connectivity index (χ2v) is 6.08. The van der Waals surface area contributed by atoms with Crippen molar-refractivity contribution >= 4 is 11.9 Å². The number of carbonyl (C=O) groups excluding carboxylic acids is 1. The van der Waals surface area contributed by atoms with Crippen LogP contribution in [0.1, 0.15) is 46.5 Å². The molecule has 0 heterocycles. The summed E-state index contributed by atoms with van der Waals surface area (Å²) < 4.78 is 0. The van der Waals surface area contributed by atoms with Gasteiger partial charge in [0.25, 0.3) is 0 Å². The van der Waals surface area contributed by atoms with Gasteiger partial charge >= 0.3 is 5.97 Å². The third-order valence-electron chi connectivity index (χ3n) is 4.66. The lowest BCUT2D eigenvalue weighted by Gasteiger charge is -2.46. The maximum atomic E-state index is 11.8. The molecule has 1 aliphatic carbocycles. The molecule has 1 saturated carbocycles. The average molecular weight is 267 g/mol. The summed E-state index contributed by atoms with van der Waals surface area (Å²) in [5.41, 5.74) is -0.305. The summed E-state index contributed by atoms with van der Waals surface area (Å²) in [6.07, 6.45) is 4.22. The number of hydrogen-bond donors (Lipinski definition) is 2. The van der Waals surface area contributed by atoms with E-state index >= 15 is 0 Å². The summed E-state index contributed by atoms with van der Waals surface area (Å²) in [5, 5.41) is 12.3. The van der Waals surface area contributed by atoms with Crippen LogP contribution in [0.25, 0.3) is 0 Å². The Kier molecular flexibility index (Phi) is 5.15. The molecule has 0 aromatic rings. The number of allylic oxidation sites excluding steroid dienone is 1. The predicted molar refractivity (Wildman–Crippen MR) is 74.7 cm³/mol. The van der Waals surface area contributed by atoms with Crippen molar-refractivity contribution in [2.24, 2.45) is 17.3 Å². The third kappa shape index (κ3) is 3.58. The van der Waals surface area contributed by atoms with Crippen LogP contribution in [0.4, 0.5) is 0 Å². The Bertz CT molecular complexity index is 362. The molecule has 0 saturated heterocycles. The van der Waals surface area contributed by atoms with Gasteiger partial charge in [-0.15, -0.1) is 6.58 Å². The van der Waals surface area contributed by atoms with Gasteiger partial charge in [-0.25, -0.2) is 0 Å². The summed E-state index contributed by atoms with van der Waals surface area (Å²) in [7, 11) is 0. The van der Waals surface area contributed by atoms with Crippen molar-refractivity contribution in [1.29, 1.82) is 0 Å². The van der Waals surface area contributed by atoms with Gasteiger partial charge in [0.05, 0.1) is 5.92 Å². The molecule has 0 aromatic carbocycles. The molecule has 1 amide bonds. The minimum atomic E-state index is -0.728. The fourth-order valence-corrected chi connectivity index (χ4v) is 2.96. The van der Waals surface area contributed by atoms with E-state index in [1.165, 1.54) is 0 Å². The monoisotopic (exact) mass is 267 g/mol. The van der Waals surface area contributed by atoms with Crippen LogP contribution in [0.2, 0.25) is 0 Å². The van der Waals surface area contributed by atoms with Gasteiger partial charge in [0, 0.05) is 12.5 Å². The van der Waals surface area contributed by atoms with Crippen LogP contribution in [-0.4, -0.2) is 23.0 Å². The van der Waals surface area contributed by atoms with Crippen LogP contribution < -0.4 is 5.32 Å². The number of carboxylic acids is 1. The van der Waals surface area contributed by atoms with Crippen LogP contribution in [-0.2, 0) is 9.59 Å². The Hall–Kier alpha value is -1.32. The molecule has 1 fully saturated rings. The minimum absolute atomic E-state index is 0.0290. The second-order valence-electron chi connectivity index (χ2n) is 6.08. The maximum Gasteiger partial charge on any atom is 0.307 e. The molecule has 19 heavy (non-hydrogen) atoms. The van der Waals surface area contributed by atoms with Crippen LogP contribution in [0.5, 0.6) is 0 Å². The van der Waals surface area contributed by atoms with Crippen molar-refractivity contribution in [2.75, 3.05) is 0 Å². The lowest BCUT2D eigenvalue weighted by Crippen LogP contribution is -2.52. The standard InChI is InChI=1S/C15H25NO3/c1-5-6-7-13(17)16-12-9-8-11(14(18)19)15(3,4)10(12)2/h5,10-12H,1,6-9H2,2-4H3,(H,16,17)(H,18,19). The van der Waals surface area contributed by atoms with E-state index in [-0.39, 0.29) is 29.2 Å². The average Bonchev–Trinajstić information content (AvgIpc) is 2.32. The highest BCUT2D eigenvalue weighted by Crippen LogP contribution is 2.45. The molecule has 0 radical (unpaired) electrons. The Morgan fingerprint density at radius 3 is 2.58 bits per heavy atom. The Balaban J connectivity index is 2.67. The molecular weight excluding hydrogens is 242 g/mol. The van der Waals surface area contributed by atoms with Crippen molar-refractivity contribution in [3.8, 4) is 0 Å². The maximum absolute atomic E-state index is 11.8. The molecule has 0 spiro atoms. The van der Waals surface area contributed by atoms with Crippen LogP contribution in [0.15, 0.2) is 12.7 Å². The molecule has 0 aromatic heterocycles.